The summed E-state index contributed by atoms with van der Waals surface area (Å²) in [6.45, 7) is 1.86. The van der Waals surface area contributed by atoms with Crippen LogP contribution < -0.4 is 0 Å². The van der Waals surface area contributed by atoms with E-state index in [-0.39, 0.29) is 0 Å². The fraction of sp³-hybridized carbons (Fsp3) is 0.500. The number of hydrogen-bond donors (Lipinski definition) is 0. The van der Waals surface area contributed by atoms with Crippen molar-refractivity contribution in [1.29, 1.82) is 0 Å². The first-order valence-electron chi connectivity index (χ1n) is 4.64. The van der Waals surface area contributed by atoms with Crippen LogP contribution in [0, 0.1) is 6.92 Å². The Morgan fingerprint density at radius 3 is 2.79 bits per heavy atom. The summed E-state index contributed by atoms with van der Waals surface area (Å²) in [6, 6.07) is 1.65. The van der Waals surface area contributed by atoms with Gasteiger partial charge in [0.05, 0.1) is 7.11 Å². The number of carbonyl (C=O) groups is 1. The zero-order valence-corrected chi connectivity index (χ0v) is 8.28. The lowest BCUT2D eigenvalue weighted by Crippen LogP contribution is -2.08. The predicted molar refractivity (Wildman–Crippen MR) is 50.1 cm³/mol. The smallest absolute Gasteiger partial charge is 0.356 e. The van der Waals surface area contributed by atoms with E-state index >= 15 is 0 Å². The zero-order valence-electron chi connectivity index (χ0n) is 8.28. The fourth-order valence-corrected chi connectivity index (χ4v) is 1.32. The molecule has 1 fully saturated rings. The molecule has 74 valence electrons. The molecule has 1 heterocycles. The molecule has 0 atom stereocenters. The number of nitrogens with zero attached hydrogens (tertiary/aromatic N) is 2. The highest BCUT2D eigenvalue weighted by molar-refractivity contribution is 5.87. The Kier molecular flexibility index (Phi) is 2.19. The van der Waals surface area contributed by atoms with E-state index in [0.29, 0.717) is 11.6 Å². The van der Waals surface area contributed by atoms with Crippen LogP contribution in [0.3, 0.4) is 0 Å². The highest BCUT2D eigenvalue weighted by atomic mass is 16.5. The molecule has 0 unspecified atom stereocenters. The van der Waals surface area contributed by atoms with Crippen LogP contribution in [0.1, 0.15) is 40.8 Å². The Morgan fingerprint density at radius 1 is 1.50 bits per heavy atom. The third kappa shape index (κ3) is 1.73. The minimum absolute atomic E-state index is 0.363. The topological polar surface area (TPSA) is 52.1 Å². The average molecular weight is 192 g/mol. The summed E-state index contributed by atoms with van der Waals surface area (Å²) in [7, 11) is 1.36. The van der Waals surface area contributed by atoms with Crippen LogP contribution in [0.25, 0.3) is 0 Å². The van der Waals surface area contributed by atoms with E-state index in [1.54, 1.807) is 6.07 Å². The number of esters is 1. The van der Waals surface area contributed by atoms with E-state index in [0.717, 1.165) is 24.4 Å². The van der Waals surface area contributed by atoms with Crippen molar-refractivity contribution in [2.24, 2.45) is 0 Å². The van der Waals surface area contributed by atoms with Crippen molar-refractivity contribution >= 4 is 5.97 Å². The zero-order chi connectivity index (χ0) is 10.1. The molecule has 0 amide bonds. The minimum Gasteiger partial charge on any atom is -0.464 e. The normalized spacial score (nSPS) is 15.3. The number of aromatic nitrogens is 2. The van der Waals surface area contributed by atoms with E-state index in [1.165, 1.54) is 7.11 Å². The van der Waals surface area contributed by atoms with E-state index in [1.807, 2.05) is 6.92 Å². The number of carbonyl (C=O) groups excluding carboxylic acids is 1. The molecule has 0 spiro atoms. The lowest BCUT2D eigenvalue weighted by molar-refractivity contribution is 0.0593. The van der Waals surface area contributed by atoms with E-state index in [4.69, 9.17) is 0 Å². The number of ether oxygens (including phenoxy) is 1. The van der Waals surface area contributed by atoms with Gasteiger partial charge in [0.25, 0.3) is 0 Å². The number of rotatable bonds is 2. The minimum atomic E-state index is -0.391. The van der Waals surface area contributed by atoms with E-state index in [9.17, 15) is 4.79 Å². The van der Waals surface area contributed by atoms with E-state index in [2.05, 4.69) is 14.7 Å². The molecule has 0 radical (unpaired) electrons. The summed E-state index contributed by atoms with van der Waals surface area (Å²) < 4.78 is 4.62. The summed E-state index contributed by atoms with van der Waals surface area (Å²) in [5.74, 6) is 0.848. The molecule has 0 bridgehead atoms. The largest absolute Gasteiger partial charge is 0.464 e. The first-order valence-corrected chi connectivity index (χ1v) is 4.64. The molecule has 0 aliphatic heterocycles. The molecule has 4 nitrogen and oxygen atoms in total. The van der Waals surface area contributed by atoms with Crippen LogP contribution in [0.15, 0.2) is 6.07 Å². The Hall–Kier alpha value is -1.45. The molecular formula is C10H12N2O2. The first kappa shape index (κ1) is 9.12. The second-order valence-electron chi connectivity index (χ2n) is 3.52. The Morgan fingerprint density at radius 2 is 2.21 bits per heavy atom. The maximum absolute atomic E-state index is 11.2. The molecule has 4 heteroatoms. The van der Waals surface area contributed by atoms with Crippen molar-refractivity contribution in [2.75, 3.05) is 7.11 Å². The summed E-state index contributed by atoms with van der Waals surface area (Å²) in [4.78, 5) is 19.7. The van der Waals surface area contributed by atoms with Crippen molar-refractivity contribution in [1.82, 2.24) is 9.97 Å². The Labute approximate surface area is 82.3 Å². The van der Waals surface area contributed by atoms with Gasteiger partial charge < -0.3 is 4.74 Å². The van der Waals surface area contributed by atoms with Gasteiger partial charge in [-0.3, -0.25) is 0 Å². The maximum atomic E-state index is 11.2. The summed E-state index contributed by atoms with van der Waals surface area (Å²) in [5, 5.41) is 0. The lowest BCUT2D eigenvalue weighted by Gasteiger charge is -2.02. The first-order chi connectivity index (χ1) is 6.70. The number of methoxy groups -OCH3 is 1. The van der Waals surface area contributed by atoms with Gasteiger partial charge >= 0.3 is 5.97 Å². The molecule has 0 aromatic carbocycles. The van der Waals surface area contributed by atoms with Crippen molar-refractivity contribution in [3.05, 3.63) is 23.3 Å². The van der Waals surface area contributed by atoms with Crippen LogP contribution in [-0.2, 0) is 4.74 Å². The second-order valence-corrected chi connectivity index (χ2v) is 3.52. The van der Waals surface area contributed by atoms with Gasteiger partial charge in [0.2, 0.25) is 0 Å². The van der Waals surface area contributed by atoms with Gasteiger partial charge in [-0.1, -0.05) is 0 Å². The monoisotopic (exact) mass is 192 g/mol. The van der Waals surface area contributed by atoms with Crippen molar-refractivity contribution < 1.29 is 9.53 Å². The predicted octanol–water partition coefficient (Wildman–Crippen LogP) is 1.45. The summed E-state index contributed by atoms with van der Waals surface area (Å²) in [6.07, 6.45) is 2.26. The molecule has 14 heavy (non-hydrogen) atoms. The molecule has 2 rings (SSSR count). The van der Waals surface area contributed by atoms with Crippen LogP contribution in [0.5, 0.6) is 0 Å². The van der Waals surface area contributed by atoms with Gasteiger partial charge in [-0.25, -0.2) is 14.8 Å². The van der Waals surface area contributed by atoms with Crippen LogP contribution in [-0.4, -0.2) is 23.0 Å². The summed E-state index contributed by atoms with van der Waals surface area (Å²) in [5.41, 5.74) is 1.18. The molecule has 1 aromatic rings. The van der Waals surface area contributed by atoms with Gasteiger partial charge in [0, 0.05) is 11.6 Å². The SMILES string of the molecule is COC(=O)c1cc(C)nc(C2CC2)n1. The van der Waals surface area contributed by atoms with Crippen molar-refractivity contribution in [2.45, 2.75) is 25.7 Å². The van der Waals surface area contributed by atoms with Gasteiger partial charge in [-0.15, -0.1) is 0 Å². The van der Waals surface area contributed by atoms with Crippen LogP contribution in [0.2, 0.25) is 0 Å². The van der Waals surface area contributed by atoms with Crippen LogP contribution >= 0.6 is 0 Å². The molecule has 1 aromatic heterocycles. The highest BCUT2D eigenvalue weighted by Crippen LogP contribution is 2.38. The summed E-state index contributed by atoms with van der Waals surface area (Å²) >= 11 is 0. The van der Waals surface area contributed by atoms with Gasteiger partial charge in [-0.05, 0) is 25.8 Å². The molecular weight excluding hydrogens is 180 g/mol. The third-order valence-electron chi connectivity index (χ3n) is 2.21. The highest BCUT2D eigenvalue weighted by Gasteiger charge is 2.27. The second kappa shape index (κ2) is 3.36. The van der Waals surface area contributed by atoms with Gasteiger partial charge in [-0.2, -0.15) is 0 Å². The van der Waals surface area contributed by atoms with Gasteiger partial charge in [0.15, 0.2) is 5.69 Å². The number of aryl methyl sites for hydroxylation is 1. The quantitative estimate of drug-likeness (QED) is 0.665. The third-order valence-corrected chi connectivity index (χ3v) is 2.21. The molecule has 1 aliphatic rings. The Bertz CT molecular complexity index is 372. The van der Waals surface area contributed by atoms with Crippen molar-refractivity contribution in [3.8, 4) is 0 Å². The fourth-order valence-electron chi connectivity index (χ4n) is 1.32. The average Bonchev–Trinajstić information content (AvgIpc) is 2.98. The lowest BCUT2D eigenvalue weighted by atomic mass is 10.3. The standard InChI is InChI=1S/C10H12N2O2/c1-6-5-8(10(13)14-2)12-9(11-6)7-3-4-7/h5,7H,3-4H2,1-2H3. The van der Waals surface area contributed by atoms with Crippen LogP contribution in [0.4, 0.5) is 0 Å². The molecule has 1 aliphatic carbocycles. The van der Waals surface area contributed by atoms with Gasteiger partial charge in [0.1, 0.15) is 5.82 Å². The Balaban J connectivity index is 2.35. The van der Waals surface area contributed by atoms with E-state index < -0.39 is 5.97 Å². The van der Waals surface area contributed by atoms with Crippen molar-refractivity contribution in [3.63, 3.8) is 0 Å². The number of hydrogen-bond acceptors (Lipinski definition) is 4. The maximum Gasteiger partial charge on any atom is 0.356 e. The molecule has 0 N–H and O–H groups in total. The molecule has 0 saturated heterocycles. The molecule has 1 saturated carbocycles.